The van der Waals surface area contributed by atoms with Crippen molar-refractivity contribution in [2.45, 2.75) is 19.4 Å². The van der Waals surface area contributed by atoms with Crippen LogP contribution in [0.5, 0.6) is 0 Å². The molecule has 0 spiro atoms. The Morgan fingerprint density at radius 1 is 1.10 bits per heavy atom. The molecule has 2 aromatic carbocycles. The molecular formula is C18H19NO2. The molecule has 0 unspecified atom stereocenters. The lowest BCUT2D eigenvalue weighted by molar-refractivity contribution is -0.179. The molecule has 1 aliphatic heterocycles. The van der Waals surface area contributed by atoms with Gasteiger partial charge in [-0.05, 0) is 24.5 Å². The van der Waals surface area contributed by atoms with Gasteiger partial charge in [0, 0.05) is 6.54 Å². The third kappa shape index (κ3) is 3.14. The summed E-state index contributed by atoms with van der Waals surface area (Å²) < 4.78 is 0. The summed E-state index contributed by atoms with van der Waals surface area (Å²) in [6.07, 6.45) is 0.734. The van der Waals surface area contributed by atoms with E-state index in [-0.39, 0.29) is 17.9 Å². The molecule has 2 atom stereocenters. The number of hydroxylamine groups is 2. The molecule has 3 nitrogen and oxygen atoms in total. The molecule has 1 saturated heterocycles. The molecule has 0 radical (unpaired) electrons. The first-order valence-corrected chi connectivity index (χ1v) is 7.31. The van der Waals surface area contributed by atoms with Gasteiger partial charge in [-0.25, -0.2) is 4.79 Å². The minimum absolute atomic E-state index is 0.0796. The highest BCUT2D eigenvalue weighted by Crippen LogP contribution is 2.28. The molecule has 1 fully saturated rings. The van der Waals surface area contributed by atoms with Crippen molar-refractivity contribution in [2.75, 3.05) is 6.54 Å². The predicted octanol–water partition coefficient (Wildman–Crippen LogP) is 3.38. The molecule has 1 aliphatic rings. The van der Waals surface area contributed by atoms with Gasteiger partial charge in [-0.15, -0.1) is 5.06 Å². The Labute approximate surface area is 125 Å². The highest BCUT2D eigenvalue weighted by Gasteiger charge is 2.36. The lowest BCUT2D eigenvalue weighted by atomic mass is 9.99. The van der Waals surface area contributed by atoms with Gasteiger partial charge >= 0.3 is 5.97 Å². The Bertz CT molecular complexity index is 597. The van der Waals surface area contributed by atoms with E-state index in [0.717, 1.165) is 12.0 Å². The van der Waals surface area contributed by atoms with Crippen LogP contribution in [-0.4, -0.2) is 17.6 Å². The normalized spacial score (nSPS) is 20.2. The second-order valence-corrected chi connectivity index (χ2v) is 5.48. The van der Waals surface area contributed by atoms with Crippen LogP contribution in [0.3, 0.4) is 0 Å². The molecule has 0 aromatic heterocycles. The maximum Gasteiger partial charge on any atom is 0.329 e. The van der Waals surface area contributed by atoms with Crippen molar-refractivity contribution in [2.24, 2.45) is 5.92 Å². The van der Waals surface area contributed by atoms with Crippen molar-refractivity contribution in [3.8, 4) is 0 Å². The maximum atomic E-state index is 12.1. The van der Waals surface area contributed by atoms with Crippen LogP contribution in [0.2, 0.25) is 0 Å². The van der Waals surface area contributed by atoms with Crippen LogP contribution in [0.4, 0.5) is 0 Å². The van der Waals surface area contributed by atoms with E-state index in [1.165, 1.54) is 5.56 Å². The summed E-state index contributed by atoms with van der Waals surface area (Å²) in [6.45, 7) is 2.71. The quantitative estimate of drug-likeness (QED) is 0.860. The summed E-state index contributed by atoms with van der Waals surface area (Å²) in [5.41, 5.74) is 2.33. The first-order chi connectivity index (χ1) is 10.2. The summed E-state index contributed by atoms with van der Waals surface area (Å²) in [6, 6.07) is 20.3. The van der Waals surface area contributed by atoms with Crippen LogP contribution in [0.25, 0.3) is 0 Å². The summed E-state index contributed by atoms with van der Waals surface area (Å²) in [5, 5.41) is 1.80. The van der Waals surface area contributed by atoms with Crippen molar-refractivity contribution in [3.05, 3.63) is 71.8 Å². The van der Waals surface area contributed by atoms with Crippen LogP contribution in [0, 0.1) is 5.92 Å². The summed E-state index contributed by atoms with van der Waals surface area (Å²) in [5.74, 6) is -0.208. The van der Waals surface area contributed by atoms with Crippen LogP contribution < -0.4 is 0 Å². The van der Waals surface area contributed by atoms with Gasteiger partial charge in [-0.2, -0.15) is 0 Å². The molecule has 2 aromatic rings. The number of rotatable bonds is 4. The van der Waals surface area contributed by atoms with Crippen molar-refractivity contribution >= 4 is 5.97 Å². The molecule has 108 valence electrons. The summed E-state index contributed by atoms with van der Waals surface area (Å²) in [7, 11) is 0. The van der Waals surface area contributed by atoms with Crippen LogP contribution in [0.15, 0.2) is 60.7 Å². The van der Waals surface area contributed by atoms with E-state index in [0.29, 0.717) is 6.54 Å². The van der Waals surface area contributed by atoms with Gasteiger partial charge in [0.2, 0.25) is 0 Å². The fraction of sp³-hybridized carbons (Fsp3) is 0.278. The highest BCUT2D eigenvalue weighted by molar-refractivity contribution is 5.74. The summed E-state index contributed by atoms with van der Waals surface area (Å²) in [4.78, 5) is 17.5. The van der Waals surface area contributed by atoms with E-state index >= 15 is 0 Å². The third-order valence-electron chi connectivity index (χ3n) is 3.98. The molecule has 0 N–H and O–H groups in total. The largest absolute Gasteiger partial charge is 0.367 e. The third-order valence-corrected chi connectivity index (χ3v) is 3.98. The number of carbonyl (C=O) groups is 1. The number of carbonyl (C=O) groups excluding carboxylic acids is 1. The van der Waals surface area contributed by atoms with E-state index in [9.17, 15) is 4.79 Å². The average Bonchev–Trinajstić information content (AvgIpc) is 2.89. The van der Waals surface area contributed by atoms with Crippen LogP contribution >= 0.6 is 0 Å². The maximum absolute atomic E-state index is 12.1. The average molecular weight is 281 g/mol. The van der Waals surface area contributed by atoms with Gasteiger partial charge in [0.1, 0.15) is 0 Å². The molecule has 0 amide bonds. The van der Waals surface area contributed by atoms with Crippen molar-refractivity contribution in [1.82, 2.24) is 5.06 Å². The van der Waals surface area contributed by atoms with E-state index in [2.05, 4.69) is 31.2 Å². The van der Waals surface area contributed by atoms with Gasteiger partial charge in [-0.3, -0.25) is 0 Å². The zero-order valence-corrected chi connectivity index (χ0v) is 12.1. The smallest absolute Gasteiger partial charge is 0.329 e. The Morgan fingerprint density at radius 2 is 1.71 bits per heavy atom. The lowest BCUT2D eigenvalue weighted by Gasteiger charge is -2.21. The minimum Gasteiger partial charge on any atom is -0.367 e. The van der Waals surface area contributed by atoms with Gasteiger partial charge in [-0.1, -0.05) is 60.7 Å². The second-order valence-electron chi connectivity index (χ2n) is 5.48. The first-order valence-electron chi connectivity index (χ1n) is 7.31. The van der Waals surface area contributed by atoms with Crippen LogP contribution in [-0.2, 0) is 16.1 Å². The zero-order valence-electron chi connectivity index (χ0n) is 12.1. The number of hydrogen-bond acceptors (Lipinski definition) is 3. The Morgan fingerprint density at radius 3 is 2.38 bits per heavy atom. The van der Waals surface area contributed by atoms with E-state index in [4.69, 9.17) is 4.84 Å². The Kier molecular flexibility index (Phi) is 4.02. The van der Waals surface area contributed by atoms with Gasteiger partial charge in [0.25, 0.3) is 0 Å². The molecule has 0 bridgehead atoms. The van der Waals surface area contributed by atoms with E-state index < -0.39 is 0 Å². The Hall–Kier alpha value is -2.13. The van der Waals surface area contributed by atoms with Crippen molar-refractivity contribution in [1.29, 1.82) is 0 Å². The van der Waals surface area contributed by atoms with Gasteiger partial charge in [0.15, 0.2) is 0 Å². The van der Waals surface area contributed by atoms with Crippen molar-refractivity contribution < 1.29 is 9.63 Å². The van der Waals surface area contributed by atoms with E-state index in [1.54, 1.807) is 5.06 Å². The van der Waals surface area contributed by atoms with E-state index in [1.807, 2.05) is 36.4 Å². The van der Waals surface area contributed by atoms with Gasteiger partial charge < -0.3 is 4.84 Å². The molecule has 1 heterocycles. The topological polar surface area (TPSA) is 29.5 Å². The number of hydrogen-bond donors (Lipinski definition) is 0. The van der Waals surface area contributed by atoms with Gasteiger partial charge in [0.05, 0.1) is 12.0 Å². The molecule has 3 rings (SSSR count). The SMILES string of the molecule is C[C@@H](c1ccccc1)N1C[C@H](Cc2ccccc2)C(=O)O1. The molecular weight excluding hydrogens is 262 g/mol. The predicted molar refractivity (Wildman–Crippen MR) is 81.3 cm³/mol. The zero-order chi connectivity index (χ0) is 14.7. The fourth-order valence-corrected chi connectivity index (χ4v) is 2.70. The highest BCUT2D eigenvalue weighted by atomic mass is 16.7. The lowest BCUT2D eigenvalue weighted by Crippen LogP contribution is -2.23. The Balaban J connectivity index is 1.67. The molecule has 3 heteroatoms. The van der Waals surface area contributed by atoms with Crippen molar-refractivity contribution in [3.63, 3.8) is 0 Å². The molecule has 0 saturated carbocycles. The second kappa shape index (κ2) is 6.10. The fourth-order valence-electron chi connectivity index (χ4n) is 2.70. The first kappa shape index (κ1) is 13.8. The monoisotopic (exact) mass is 281 g/mol. The standard InChI is InChI=1S/C18H19NO2/c1-14(16-10-6-3-7-11-16)19-13-17(18(20)21-19)12-15-8-4-2-5-9-15/h2-11,14,17H,12-13H2,1H3/t14-,17-/m0/s1. The number of benzene rings is 2. The molecule has 0 aliphatic carbocycles. The number of nitrogens with zero attached hydrogens (tertiary/aromatic N) is 1. The van der Waals surface area contributed by atoms with Crippen LogP contribution in [0.1, 0.15) is 24.1 Å². The molecule has 21 heavy (non-hydrogen) atoms. The summed E-state index contributed by atoms with van der Waals surface area (Å²) >= 11 is 0. The minimum atomic E-state index is -0.123.